The molecule has 1 amide bonds. The molecule has 1 aliphatic rings. The molecule has 144 valence electrons. The molecule has 0 atom stereocenters. The smallest absolute Gasteiger partial charge is 0.253 e. The van der Waals surface area contributed by atoms with Gasteiger partial charge in [-0.15, -0.1) is 0 Å². The van der Waals surface area contributed by atoms with E-state index in [-0.39, 0.29) is 5.91 Å². The summed E-state index contributed by atoms with van der Waals surface area (Å²) < 4.78 is 2.81. The molecule has 0 bridgehead atoms. The molecular weight excluding hydrogens is 440 g/mol. The third-order valence-corrected chi connectivity index (χ3v) is 5.57. The topological polar surface area (TPSA) is 41.4 Å². The van der Waals surface area contributed by atoms with Crippen LogP contribution in [-0.4, -0.2) is 46.8 Å². The van der Waals surface area contributed by atoms with E-state index in [1.54, 1.807) is 6.20 Å². The van der Waals surface area contributed by atoms with Gasteiger partial charge in [-0.25, -0.2) is 0 Å². The number of piperazine rings is 1. The summed E-state index contributed by atoms with van der Waals surface area (Å²) in [5.74, 6) is 0.0872. The molecule has 2 aromatic carbocycles. The number of anilines is 1. The molecule has 3 aromatic rings. The Labute approximate surface area is 177 Å². The summed E-state index contributed by atoms with van der Waals surface area (Å²) in [7, 11) is 0. The van der Waals surface area contributed by atoms with Crippen molar-refractivity contribution in [1.82, 2.24) is 14.7 Å². The van der Waals surface area contributed by atoms with Crippen LogP contribution in [0.5, 0.6) is 0 Å². The third-order valence-electron chi connectivity index (χ3n) is 4.91. The molecule has 1 saturated heterocycles. The lowest BCUT2D eigenvalue weighted by atomic mass is 10.1. The zero-order valence-electron chi connectivity index (χ0n) is 15.3. The number of hydrogen-bond donors (Lipinski definition) is 0. The maximum Gasteiger partial charge on any atom is 0.253 e. The fourth-order valence-corrected chi connectivity index (χ4v) is 3.82. The fraction of sp³-hybridized carbons (Fsp3) is 0.238. The van der Waals surface area contributed by atoms with Crippen LogP contribution in [0.4, 0.5) is 5.69 Å². The summed E-state index contributed by atoms with van der Waals surface area (Å²) >= 11 is 9.36. The average Bonchev–Trinajstić information content (AvgIpc) is 3.13. The quantitative estimate of drug-likeness (QED) is 0.584. The van der Waals surface area contributed by atoms with Crippen LogP contribution in [0, 0.1) is 0 Å². The highest BCUT2D eigenvalue weighted by atomic mass is 79.9. The lowest BCUT2D eigenvalue weighted by molar-refractivity contribution is 0.0747. The van der Waals surface area contributed by atoms with Gasteiger partial charge in [0.2, 0.25) is 0 Å². The van der Waals surface area contributed by atoms with E-state index in [0.29, 0.717) is 19.6 Å². The van der Waals surface area contributed by atoms with E-state index in [2.05, 4.69) is 25.9 Å². The van der Waals surface area contributed by atoms with Crippen molar-refractivity contribution in [3.8, 4) is 0 Å². The highest BCUT2D eigenvalue weighted by Crippen LogP contribution is 2.20. The fourth-order valence-electron chi connectivity index (χ4n) is 3.37. The van der Waals surface area contributed by atoms with Crippen LogP contribution in [0.1, 0.15) is 15.9 Å². The van der Waals surface area contributed by atoms with Gasteiger partial charge in [0.25, 0.3) is 5.91 Å². The van der Waals surface area contributed by atoms with Crippen molar-refractivity contribution in [1.29, 1.82) is 0 Å². The number of amides is 1. The van der Waals surface area contributed by atoms with Gasteiger partial charge < -0.3 is 9.80 Å². The normalized spacial score (nSPS) is 14.4. The SMILES string of the molecule is O=C(c1ccc(Cn2cc(Br)cn2)cc1)N1CCN(c2ccc(Cl)cc2)CC1. The van der Waals surface area contributed by atoms with E-state index in [1.807, 2.05) is 64.3 Å². The second-order valence-electron chi connectivity index (χ2n) is 6.81. The summed E-state index contributed by atoms with van der Waals surface area (Å²) in [4.78, 5) is 17.0. The van der Waals surface area contributed by atoms with Gasteiger partial charge in [-0.1, -0.05) is 23.7 Å². The lowest BCUT2D eigenvalue weighted by Crippen LogP contribution is -2.48. The summed E-state index contributed by atoms with van der Waals surface area (Å²) in [6.45, 7) is 3.74. The van der Waals surface area contributed by atoms with Crippen LogP contribution in [0.2, 0.25) is 5.02 Å². The Hall–Kier alpha value is -2.31. The molecule has 0 unspecified atom stereocenters. The molecule has 1 aliphatic heterocycles. The first kappa shape index (κ1) is 19.0. The maximum atomic E-state index is 12.8. The predicted octanol–water partition coefficient (Wildman–Crippen LogP) is 4.31. The first-order chi connectivity index (χ1) is 13.6. The molecule has 1 aromatic heterocycles. The molecular formula is C21H20BrClN4O. The van der Waals surface area contributed by atoms with Crippen molar-refractivity contribution in [3.63, 3.8) is 0 Å². The van der Waals surface area contributed by atoms with Crippen molar-refractivity contribution >= 4 is 39.1 Å². The van der Waals surface area contributed by atoms with E-state index in [4.69, 9.17) is 11.6 Å². The monoisotopic (exact) mass is 458 g/mol. The van der Waals surface area contributed by atoms with Crippen molar-refractivity contribution in [3.05, 3.63) is 81.5 Å². The molecule has 0 radical (unpaired) electrons. The lowest BCUT2D eigenvalue weighted by Gasteiger charge is -2.36. The minimum Gasteiger partial charge on any atom is -0.368 e. The molecule has 2 heterocycles. The molecule has 1 fully saturated rings. The first-order valence-corrected chi connectivity index (χ1v) is 10.3. The largest absolute Gasteiger partial charge is 0.368 e. The number of nitrogens with zero attached hydrogens (tertiary/aromatic N) is 4. The van der Waals surface area contributed by atoms with Crippen molar-refractivity contribution in [2.75, 3.05) is 31.1 Å². The van der Waals surface area contributed by atoms with E-state index >= 15 is 0 Å². The summed E-state index contributed by atoms with van der Waals surface area (Å²) in [5.41, 5.74) is 2.98. The Morgan fingerprint density at radius 2 is 1.68 bits per heavy atom. The second kappa shape index (κ2) is 8.37. The van der Waals surface area contributed by atoms with Crippen LogP contribution < -0.4 is 4.90 Å². The summed E-state index contributed by atoms with van der Waals surface area (Å²) in [5, 5.41) is 5.00. The zero-order chi connectivity index (χ0) is 19.5. The Kier molecular flexibility index (Phi) is 5.69. The van der Waals surface area contributed by atoms with Gasteiger partial charge in [0.15, 0.2) is 0 Å². The van der Waals surface area contributed by atoms with Crippen LogP contribution in [0.25, 0.3) is 0 Å². The van der Waals surface area contributed by atoms with Crippen LogP contribution in [0.15, 0.2) is 65.4 Å². The van der Waals surface area contributed by atoms with Gasteiger partial charge in [0, 0.05) is 48.6 Å². The Balaban J connectivity index is 1.35. The van der Waals surface area contributed by atoms with Gasteiger partial charge in [0.1, 0.15) is 0 Å². The number of hydrogen-bond acceptors (Lipinski definition) is 3. The maximum absolute atomic E-state index is 12.8. The molecule has 28 heavy (non-hydrogen) atoms. The average molecular weight is 460 g/mol. The number of carbonyl (C=O) groups excluding carboxylic acids is 1. The number of aromatic nitrogens is 2. The second-order valence-corrected chi connectivity index (χ2v) is 8.16. The van der Waals surface area contributed by atoms with Gasteiger partial charge in [-0.2, -0.15) is 5.10 Å². The molecule has 4 rings (SSSR count). The Morgan fingerprint density at radius 3 is 2.29 bits per heavy atom. The molecule has 5 nitrogen and oxygen atoms in total. The number of carbonyl (C=O) groups is 1. The van der Waals surface area contributed by atoms with E-state index < -0.39 is 0 Å². The standard InChI is InChI=1S/C21H20BrClN4O/c22-18-13-24-27(15-18)14-16-1-3-17(4-2-16)21(28)26-11-9-25(10-12-26)20-7-5-19(23)6-8-20/h1-8,13,15H,9-12,14H2. The minimum absolute atomic E-state index is 0.0872. The van der Waals surface area contributed by atoms with Gasteiger partial charge in [0.05, 0.1) is 17.2 Å². The van der Waals surface area contributed by atoms with E-state index in [0.717, 1.165) is 39.4 Å². The van der Waals surface area contributed by atoms with E-state index in [9.17, 15) is 4.79 Å². The Bertz CT molecular complexity index is 947. The van der Waals surface area contributed by atoms with Gasteiger partial charge in [-0.3, -0.25) is 9.48 Å². The molecule has 0 N–H and O–H groups in total. The van der Waals surface area contributed by atoms with Gasteiger partial charge >= 0.3 is 0 Å². The highest BCUT2D eigenvalue weighted by molar-refractivity contribution is 9.10. The number of benzene rings is 2. The third kappa shape index (κ3) is 4.39. The van der Waals surface area contributed by atoms with Crippen molar-refractivity contribution in [2.24, 2.45) is 0 Å². The molecule has 7 heteroatoms. The summed E-state index contributed by atoms with van der Waals surface area (Å²) in [6, 6.07) is 15.6. The minimum atomic E-state index is 0.0872. The van der Waals surface area contributed by atoms with Crippen LogP contribution in [0.3, 0.4) is 0 Å². The van der Waals surface area contributed by atoms with Crippen molar-refractivity contribution in [2.45, 2.75) is 6.54 Å². The van der Waals surface area contributed by atoms with Crippen LogP contribution >= 0.6 is 27.5 Å². The molecule has 0 saturated carbocycles. The first-order valence-electron chi connectivity index (χ1n) is 9.15. The number of rotatable bonds is 4. The molecule has 0 aliphatic carbocycles. The Morgan fingerprint density at radius 1 is 1.00 bits per heavy atom. The van der Waals surface area contributed by atoms with E-state index in [1.165, 1.54) is 0 Å². The number of halogens is 2. The molecule has 0 spiro atoms. The summed E-state index contributed by atoms with van der Waals surface area (Å²) in [6.07, 6.45) is 3.70. The van der Waals surface area contributed by atoms with Gasteiger partial charge in [-0.05, 0) is 57.9 Å². The van der Waals surface area contributed by atoms with Crippen molar-refractivity contribution < 1.29 is 4.79 Å². The van der Waals surface area contributed by atoms with Crippen LogP contribution in [-0.2, 0) is 6.54 Å². The zero-order valence-corrected chi connectivity index (χ0v) is 17.6. The highest BCUT2D eigenvalue weighted by Gasteiger charge is 2.22. The predicted molar refractivity (Wildman–Crippen MR) is 115 cm³/mol.